The number of rotatable bonds is 2. The van der Waals surface area contributed by atoms with Gasteiger partial charge in [-0.1, -0.05) is 0 Å². The van der Waals surface area contributed by atoms with E-state index in [9.17, 15) is 9.59 Å². The second kappa shape index (κ2) is 4.60. The molecule has 0 aliphatic rings. The molecule has 0 spiro atoms. The van der Waals surface area contributed by atoms with Crippen LogP contribution in [0, 0.1) is 6.92 Å². The highest BCUT2D eigenvalue weighted by Crippen LogP contribution is 2.34. The molecule has 0 saturated carbocycles. The summed E-state index contributed by atoms with van der Waals surface area (Å²) in [6.07, 6.45) is 0. The molecule has 0 heterocycles. The van der Waals surface area contributed by atoms with Gasteiger partial charge < -0.3 is 10.2 Å². The second-order valence-electron chi connectivity index (χ2n) is 3.03. The molecule has 0 amide bonds. The molecule has 86 valence electrons. The van der Waals surface area contributed by atoms with E-state index in [2.05, 4.69) is 37.9 Å². The second-order valence-corrected chi connectivity index (χ2v) is 4.37. The van der Waals surface area contributed by atoms with E-state index in [0.717, 1.165) is 0 Å². The van der Waals surface area contributed by atoms with Crippen molar-refractivity contribution in [1.29, 1.82) is 0 Å². The Balaban J connectivity index is 3.80. The van der Waals surface area contributed by atoms with Gasteiger partial charge >= 0.3 is 11.9 Å². The molecule has 1 rings (SSSR count). The molecule has 2 N–H and O–H groups in total. The van der Waals surface area contributed by atoms with Gasteiger partial charge in [0, 0.05) is 14.7 Å². The number of benzene rings is 1. The number of hydrogen-bond donors (Lipinski definition) is 5. The van der Waals surface area contributed by atoms with Crippen molar-refractivity contribution in [2.45, 2.75) is 21.6 Å². The standard InChI is InChI=1S/C9H8O4S3/c1-2-5(14)3(8(10)11)7(16)4(6(2)15)9(12)13/h14-16H,1H3,(H,10,11)(H,12,13). The van der Waals surface area contributed by atoms with E-state index in [-0.39, 0.29) is 25.8 Å². The molecular formula is C9H8O4S3. The molecule has 4 nitrogen and oxygen atoms in total. The van der Waals surface area contributed by atoms with Crippen LogP contribution in [0.5, 0.6) is 0 Å². The van der Waals surface area contributed by atoms with Crippen LogP contribution in [0.15, 0.2) is 14.7 Å². The van der Waals surface area contributed by atoms with Gasteiger partial charge in [0.05, 0.1) is 11.1 Å². The van der Waals surface area contributed by atoms with Crippen molar-refractivity contribution in [1.82, 2.24) is 0 Å². The minimum absolute atomic E-state index is 0.138. The van der Waals surface area contributed by atoms with E-state index < -0.39 is 11.9 Å². The summed E-state index contributed by atoms with van der Waals surface area (Å²) in [5.41, 5.74) is -0.0435. The molecule has 0 radical (unpaired) electrons. The maximum atomic E-state index is 11.0. The van der Waals surface area contributed by atoms with E-state index in [0.29, 0.717) is 5.56 Å². The molecule has 7 heteroatoms. The van der Waals surface area contributed by atoms with E-state index in [4.69, 9.17) is 10.2 Å². The zero-order valence-corrected chi connectivity index (χ0v) is 10.7. The smallest absolute Gasteiger partial charge is 0.338 e. The van der Waals surface area contributed by atoms with Crippen molar-refractivity contribution in [2.75, 3.05) is 0 Å². The number of thiol groups is 3. The Hall–Kier alpha value is -0.790. The largest absolute Gasteiger partial charge is 0.478 e. The summed E-state index contributed by atoms with van der Waals surface area (Å²) < 4.78 is 0. The zero-order chi connectivity index (χ0) is 12.6. The summed E-state index contributed by atoms with van der Waals surface area (Å²) in [6, 6.07) is 0. The van der Waals surface area contributed by atoms with Gasteiger partial charge in [0.15, 0.2) is 0 Å². The van der Waals surface area contributed by atoms with Crippen LogP contribution in [0.25, 0.3) is 0 Å². The van der Waals surface area contributed by atoms with Crippen LogP contribution >= 0.6 is 37.9 Å². The predicted molar refractivity (Wildman–Crippen MR) is 66.9 cm³/mol. The number of carbonyl (C=O) groups is 2. The third kappa shape index (κ3) is 2.02. The van der Waals surface area contributed by atoms with Crippen molar-refractivity contribution < 1.29 is 19.8 Å². The lowest BCUT2D eigenvalue weighted by atomic mass is 10.1. The summed E-state index contributed by atoms with van der Waals surface area (Å²) in [5.74, 6) is -2.54. The molecule has 0 aliphatic carbocycles. The Kier molecular flexibility index (Phi) is 3.82. The maximum Gasteiger partial charge on any atom is 0.338 e. The Morgan fingerprint density at radius 1 is 0.875 bits per heavy atom. The highest BCUT2D eigenvalue weighted by molar-refractivity contribution is 7.82. The van der Waals surface area contributed by atoms with E-state index in [1.54, 1.807) is 6.92 Å². The van der Waals surface area contributed by atoms with Gasteiger partial charge in [-0.25, -0.2) is 9.59 Å². The average Bonchev–Trinajstić information content (AvgIpc) is 2.13. The maximum absolute atomic E-state index is 11.0. The number of aromatic carboxylic acids is 2. The minimum atomic E-state index is -1.27. The Morgan fingerprint density at radius 3 is 1.44 bits per heavy atom. The van der Waals surface area contributed by atoms with Crippen molar-refractivity contribution in [3.8, 4) is 0 Å². The molecule has 1 aromatic rings. The Morgan fingerprint density at radius 2 is 1.19 bits per heavy atom. The fourth-order valence-corrected chi connectivity index (χ4v) is 2.56. The predicted octanol–water partition coefficient (Wildman–Crippen LogP) is 2.26. The molecular weight excluding hydrogens is 268 g/mol. The number of carboxylic acid groups (broad SMARTS) is 2. The Bertz CT molecular complexity index is 455. The van der Waals surface area contributed by atoms with Crippen molar-refractivity contribution in [2.24, 2.45) is 0 Å². The van der Waals surface area contributed by atoms with E-state index >= 15 is 0 Å². The number of hydrogen-bond acceptors (Lipinski definition) is 5. The van der Waals surface area contributed by atoms with Crippen LogP contribution in [0.1, 0.15) is 26.3 Å². The molecule has 16 heavy (non-hydrogen) atoms. The first-order chi connectivity index (χ1) is 7.29. The molecule has 0 saturated heterocycles. The van der Waals surface area contributed by atoms with Crippen LogP contribution in [-0.4, -0.2) is 22.2 Å². The van der Waals surface area contributed by atoms with Crippen LogP contribution in [0.3, 0.4) is 0 Å². The van der Waals surface area contributed by atoms with Crippen LogP contribution in [0.2, 0.25) is 0 Å². The molecule has 0 fully saturated rings. The molecule has 0 aromatic heterocycles. The van der Waals surface area contributed by atoms with Crippen molar-refractivity contribution in [3.05, 3.63) is 16.7 Å². The van der Waals surface area contributed by atoms with E-state index in [1.165, 1.54) is 0 Å². The highest BCUT2D eigenvalue weighted by Gasteiger charge is 2.24. The van der Waals surface area contributed by atoms with Crippen LogP contribution in [-0.2, 0) is 0 Å². The summed E-state index contributed by atoms with van der Waals surface area (Å²) in [4.78, 5) is 22.1. The van der Waals surface area contributed by atoms with Gasteiger partial charge in [-0.05, 0) is 12.5 Å². The first-order valence-corrected chi connectivity index (χ1v) is 5.37. The molecule has 0 unspecified atom stereocenters. The third-order valence-electron chi connectivity index (χ3n) is 2.09. The van der Waals surface area contributed by atoms with Gasteiger partial charge in [-0.2, -0.15) is 0 Å². The first kappa shape index (κ1) is 13.3. The Labute approximate surface area is 108 Å². The summed E-state index contributed by atoms with van der Waals surface area (Å²) >= 11 is 12.0. The first-order valence-electron chi connectivity index (χ1n) is 4.03. The normalized spacial score (nSPS) is 10.2. The lowest BCUT2D eigenvalue weighted by molar-refractivity contribution is 0.0684. The molecule has 0 atom stereocenters. The van der Waals surface area contributed by atoms with Crippen LogP contribution < -0.4 is 0 Å². The van der Waals surface area contributed by atoms with Gasteiger partial charge in [0.1, 0.15) is 0 Å². The summed E-state index contributed by atoms with van der Waals surface area (Å²) in [6.45, 7) is 1.55. The summed E-state index contributed by atoms with van der Waals surface area (Å²) in [7, 11) is 0. The van der Waals surface area contributed by atoms with Gasteiger partial charge in [0.2, 0.25) is 0 Å². The van der Waals surface area contributed by atoms with Crippen molar-refractivity contribution >= 4 is 49.8 Å². The third-order valence-corrected chi connectivity index (χ3v) is 3.65. The van der Waals surface area contributed by atoms with Crippen LogP contribution in [0.4, 0.5) is 0 Å². The van der Waals surface area contributed by atoms with Gasteiger partial charge in [-0.3, -0.25) is 0 Å². The highest BCUT2D eigenvalue weighted by atomic mass is 32.1. The van der Waals surface area contributed by atoms with Gasteiger partial charge in [-0.15, -0.1) is 37.9 Å². The molecule has 0 aliphatic heterocycles. The number of carboxylic acids is 2. The molecule has 1 aromatic carbocycles. The van der Waals surface area contributed by atoms with E-state index in [1.807, 2.05) is 0 Å². The fourth-order valence-electron chi connectivity index (χ4n) is 1.24. The summed E-state index contributed by atoms with van der Waals surface area (Å²) in [5, 5.41) is 17.9. The quantitative estimate of drug-likeness (QED) is 0.537. The average molecular weight is 276 g/mol. The lowest BCUT2D eigenvalue weighted by Gasteiger charge is -2.13. The monoisotopic (exact) mass is 276 g/mol. The topological polar surface area (TPSA) is 74.6 Å². The fraction of sp³-hybridized carbons (Fsp3) is 0.111. The zero-order valence-electron chi connectivity index (χ0n) is 8.05. The molecule has 0 bridgehead atoms. The lowest BCUT2D eigenvalue weighted by Crippen LogP contribution is -2.09. The SMILES string of the molecule is Cc1c(S)c(C(=O)O)c(S)c(C(=O)O)c1S. The van der Waals surface area contributed by atoms with Gasteiger partial charge in [0.25, 0.3) is 0 Å². The van der Waals surface area contributed by atoms with Crippen molar-refractivity contribution in [3.63, 3.8) is 0 Å². The minimum Gasteiger partial charge on any atom is -0.478 e.